The van der Waals surface area contributed by atoms with Crippen LogP contribution in [0.25, 0.3) is 0 Å². The standard InChI is InChI=1S/C13H24N2O3.ClH/c1-3-10(2)11(14)12(16)15-6-4-5-13(9-15)17-7-8-18-13;/h10-11H,3-9,14H2,1-2H3;1H. The molecule has 1 amide bonds. The van der Waals surface area contributed by atoms with E-state index in [1.165, 1.54) is 0 Å². The zero-order chi connectivity index (χ0) is 13.2. The average Bonchev–Trinajstić information content (AvgIpc) is 2.84. The van der Waals surface area contributed by atoms with E-state index in [0.717, 1.165) is 25.8 Å². The van der Waals surface area contributed by atoms with E-state index in [-0.39, 0.29) is 24.2 Å². The molecule has 2 atom stereocenters. The fourth-order valence-electron chi connectivity index (χ4n) is 2.62. The summed E-state index contributed by atoms with van der Waals surface area (Å²) < 4.78 is 11.3. The van der Waals surface area contributed by atoms with Crippen molar-refractivity contribution in [3.63, 3.8) is 0 Å². The summed E-state index contributed by atoms with van der Waals surface area (Å²) >= 11 is 0. The largest absolute Gasteiger partial charge is 0.346 e. The summed E-state index contributed by atoms with van der Waals surface area (Å²) in [4.78, 5) is 14.1. The van der Waals surface area contributed by atoms with Gasteiger partial charge in [0.15, 0.2) is 5.79 Å². The van der Waals surface area contributed by atoms with Gasteiger partial charge in [0.1, 0.15) is 0 Å². The second-order valence-corrected chi connectivity index (χ2v) is 5.38. The summed E-state index contributed by atoms with van der Waals surface area (Å²) in [6.07, 6.45) is 2.70. The van der Waals surface area contributed by atoms with Gasteiger partial charge in [-0.15, -0.1) is 12.4 Å². The molecule has 1 spiro atoms. The molecule has 2 heterocycles. The Hall–Kier alpha value is -0.360. The van der Waals surface area contributed by atoms with E-state index in [4.69, 9.17) is 15.2 Å². The molecule has 0 bridgehead atoms. The van der Waals surface area contributed by atoms with E-state index < -0.39 is 11.8 Å². The summed E-state index contributed by atoms with van der Waals surface area (Å²) in [7, 11) is 0. The number of carbonyl (C=O) groups is 1. The Kier molecular flexibility index (Phi) is 6.05. The molecule has 2 N–H and O–H groups in total. The van der Waals surface area contributed by atoms with Gasteiger partial charge in [0.25, 0.3) is 0 Å². The van der Waals surface area contributed by atoms with Crippen molar-refractivity contribution in [3.8, 4) is 0 Å². The predicted octanol–water partition coefficient (Wildman–Crippen LogP) is 1.15. The van der Waals surface area contributed by atoms with Gasteiger partial charge >= 0.3 is 0 Å². The Morgan fingerprint density at radius 1 is 1.42 bits per heavy atom. The van der Waals surface area contributed by atoms with Crippen molar-refractivity contribution in [2.75, 3.05) is 26.3 Å². The molecule has 0 aromatic rings. The van der Waals surface area contributed by atoms with E-state index in [2.05, 4.69) is 6.92 Å². The highest BCUT2D eigenvalue weighted by molar-refractivity contribution is 5.85. The molecule has 0 saturated carbocycles. The van der Waals surface area contributed by atoms with Crippen LogP contribution in [0.5, 0.6) is 0 Å². The van der Waals surface area contributed by atoms with Crippen molar-refractivity contribution in [3.05, 3.63) is 0 Å². The van der Waals surface area contributed by atoms with Crippen molar-refractivity contribution in [2.45, 2.75) is 44.9 Å². The minimum atomic E-state index is -0.552. The number of nitrogens with two attached hydrogens (primary N) is 1. The molecular formula is C13H25ClN2O3. The Morgan fingerprint density at radius 2 is 2.05 bits per heavy atom. The first kappa shape index (κ1) is 16.7. The lowest BCUT2D eigenvalue weighted by Crippen LogP contribution is -2.56. The van der Waals surface area contributed by atoms with Gasteiger partial charge in [-0.25, -0.2) is 0 Å². The number of halogens is 1. The number of amides is 1. The van der Waals surface area contributed by atoms with Crippen molar-refractivity contribution in [2.24, 2.45) is 11.7 Å². The number of likely N-dealkylation sites (tertiary alicyclic amines) is 1. The molecule has 2 aliphatic rings. The molecule has 2 fully saturated rings. The molecule has 2 rings (SSSR count). The maximum Gasteiger partial charge on any atom is 0.239 e. The second-order valence-electron chi connectivity index (χ2n) is 5.38. The Morgan fingerprint density at radius 3 is 2.63 bits per heavy atom. The van der Waals surface area contributed by atoms with Crippen LogP contribution in [-0.2, 0) is 14.3 Å². The first-order valence-corrected chi connectivity index (χ1v) is 6.90. The lowest BCUT2D eigenvalue weighted by atomic mass is 9.97. The quantitative estimate of drug-likeness (QED) is 0.847. The smallest absolute Gasteiger partial charge is 0.239 e. The lowest BCUT2D eigenvalue weighted by Gasteiger charge is -2.40. The molecule has 0 aliphatic carbocycles. The predicted molar refractivity (Wildman–Crippen MR) is 75.1 cm³/mol. The minimum absolute atomic E-state index is 0. The van der Waals surface area contributed by atoms with Gasteiger partial charge in [0, 0.05) is 13.0 Å². The molecule has 6 heteroatoms. The van der Waals surface area contributed by atoms with Crippen LogP contribution in [0.2, 0.25) is 0 Å². The molecule has 5 nitrogen and oxygen atoms in total. The zero-order valence-corrected chi connectivity index (χ0v) is 12.6. The first-order valence-electron chi connectivity index (χ1n) is 6.90. The first-order chi connectivity index (χ1) is 8.58. The zero-order valence-electron chi connectivity index (χ0n) is 11.8. The van der Waals surface area contributed by atoms with Crippen LogP contribution in [0.15, 0.2) is 0 Å². The van der Waals surface area contributed by atoms with Crippen LogP contribution in [0.3, 0.4) is 0 Å². The monoisotopic (exact) mass is 292 g/mol. The number of rotatable bonds is 3. The Labute approximate surface area is 121 Å². The number of hydrogen-bond acceptors (Lipinski definition) is 4. The number of nitrogens with zero attached hydrogens (tertiary/aromatic N) is 1. The minimum Gasteiger partial charge on any atom is -0.346 e. The van der Waals surface area contributed by atoms with Gasteiger partial charge in [-0.05, 0) is 12.3 Å². The lowest BCUT2D eigenvalue weighted by molar-refractivity contribution is -0.193. The fourth-order valence-corrected chi connectivity index (χ4v) is 2.62. The molecule has 2 aliphatic heterocycles. The molecule has 2 saturated heterocycles. The van der Waals surface area contributed by atoms with Crippen molar-refractivity contribution >= 4 is 18.3 Å². The third-order valence-electron chi connectivity index (χ3n) is 4.08. The Bertz CT molecular complexity index is 308. The molecule has 2 unspecified atom stereocenters. The van der Waals surface area contributed by atoms with Gasteiger partial charge in [-0.3, -0.25) is 4.79 Å². The van der Waals surface area contributed by atoms with Crippen LogP contribution < -0.4 is 5.73 Å². The summed E-state index contributed by atoms with van der Waals surface area (Å²) in [5, 5.41) is 0. The number of piperidine rings is 1. The maximum absolute atomic E-state index is 12.3. The van der Waals surface area contributed by atoms with E-state index >= 15 is 0 Å². The molecule has 112 valence electrons. The van der Waals surface area contributed by atoms with Gasteiger partial charge in [-0.2, -0.15) is 0 Å². The van der Waals surface area contributed by atoms with Crippen LogP contribution in [0.4, 0.5) is 0 Å². The highest BCUT2D eigenvalue weighted by Gasteiger charge is 2.43. The summed E-state index contributed by atoms with van der Waals surface area (Å²) in [6, 6.07) is -0.411. The van der Waals surface area contributed by atoms with Crippen LogP contribution in [0.1, 0.15) is 33.1 Å². The van der Waals surface area contributed by atoms with Crippen molar-refractivity contribution < 1.29 is 14.3 Å². The van der Waals surface area contributed by atoms with Crippen LogP contribution >= 0.6 is 12.4 Å². The highest BCUT2D eigenvalue weighted by Crippen LogP contribution is 2.30. The summed E-state index contributed by atoms with van der Waals surface area (Å²) in [5.74, 6) is -0.313. The van der Waals surface area contributed by atoms with Gasteiger partial charge in [0.05, 0.1) is 25.8 Å². The van der Waals surface area contributed by atoms with Crippen molar-refractivity contribution in [1.29, 1.82) is 0 Å². The molecule has 19 heavy (non-hydrogen) atoms. The van der Waals surface area contributed by atoms with Gasteiger partial charge < -0.3 is 20.1 Å². The third kappa shape index (κ3) is 3.60. The van der Waals surface area contributed by atoms with E-state index in [1.54, 1.807) is 0 Å². The Balaban J connectivity index is 0.00000180. The molecule has 0 radical (unpaired) electrons. The van der Waals surface area contributed by atoms with E-state index in [0.29, 0.717) is 19.8 Å². The highest BCUT2D eigenvalue weighted by atomic mass is 35.5. The van der Waals surface area contributed by atoms with Crippen LogP contribution in [0, 0.1) is 5.92 Å². The van der Waals surface area contributed by atoms with Gasteiger partial charge in [-0.1, -0.05) is 20.3 Å². The van der Waals surface area contributed by atoms with Crippen LogP contribution in [-0.4, -0.2) is 48.9 Å². The third-order valence-corrected chi connectivity index (χ3v) is 4.08. The maximum atomic E-state index is 12.3. The average molecular weight is 293 g/mol. The summed E-state index contributed by atoms with van der Waals surface area (Å²) in [6.45, 7) is 6.61. The normalized spacial score (nSPS) is 24.9. The van der Waals surface area contributed by atoms with E-state index in [1.807, 2.05) is 11.8 Å². The molecule has 0 aromatic carbocycles. The topological polar surface area (TPSA) is 64.8 Å². The SMILES string of the molecule is CCC(C)C(N)C(=O)N1CCCC2(C1)OCCO2.Cl. The molecule has 0 aromatic heterocycles. The second kappa shape index (κ2) is 6.88. The van der Waals surface area contributed by atoms with Crippen molar-refractivity contribution in [1.82, 2.24) is 4.90 Å². The molecular weight excluding hydrogens is 268 g/mol. The van der Waals surface area contributed by atoms with Gasteiger partial charge in [0.2, 0.25) is 5.91 Å². The number of ether oxygens (including phenoxy) is 2. The van der Waals surface area contributed by atoms with E-state index in [9.17, 15) is 4.79 Å². The fraction of sp³-hybridized carbons (Fsp3) is 0.923. The number of hydrogen-bond donors (Lipinski definition) is 1. The summed E-state index contributed by atoms with van der Waals surface area (Å²) in [5.41, 5.74) is 6.02. The number of carbonyl (C=O) groups excluding carboxylic acids is 1.